The Labute approximate surface area is 101 Å². The fourth-order valence-electron chi connectivity index (χ4n) is 1.88. The van der Waals surface area contributed by atoms with Gasteiger partial charge in [-0.05, 0) is 31.5 Å². The van der Waals surface area contributed by atoms with Gasteiger partial charge in [0.05, 0.1) is 0 Å². The average molecular weight is 239 g/mol. The van der Waals surface area contributed by atoms with Gasteiger partial charge in [-0.25, -0.2) is 0 Å². The van der Waals surface area contributed by atoms with E-state index in [1.807, 2.05) is 0 Å². The molecule has 0 aliphatic carbocycles. The Morgan fingerprint density at radius 1 is 1.38 bits per heavy atom. The molecule has 16 heavy (non-hydrogen) atoms. The third kappa shape index (κ3) is 3.72. The predicted molar refractivity (Wildman–Crippen MR) is 71.3 cm³/mol. The van der Waals surface area contributed by atoms with Gasteiger partial charge in [0.2, 0.25) is 0 Å². The molecule has 1 N–H and O–H groups in total. The van der Waals surface area contributed by atoms with E-state index in [-0.39, 0.29) is 6.04 Å². The van der Waals surface area contributed by atoms with Crippen LogP contribution < -0.4 is 5.32 Å². The van der Waals surface area contributed by atoms with Crippen LogP contribution in [0.4, 0.5) is 0 Å². The van der Waals surface area contributed by atoms with Crippen LogP contribution in [0.3, 0.4) is 0 Å². The first-order valence-corrected chi connectivity index (χ1v) is 7.38. The van der Waals surface area contributed by atoms with Gasteiger partial charge in [0.25, 0.3) is 0 Å². The van der Waals surface area contributed by atoms with Crippen molar-refractivity contribution < 1.29 is 4.21 Å². The van der Waals surface area contributed by atoms with Crippen molar-refractivity contribution in [1.29, 1.82) is 0 Å². The number of hydrogen-bond acceptors (Lipinski definition) is 2. The van der Waals surface area contributed by atoms with Crippen LogP contribution >= 0.6 is 0 Å². The summed E-state index contributed by atoms with van der Waals surface area (Å²) >= 11 is 0. The minimum Gasteiger partial charge on any atom is -0.309 e. The van der Waals surface area contributed by atoms with Crippen molar-refractivity contribution >= 4 is 10.8 Å². The third-order valence-electron chi connectivity index (χ3n) is 2.66. The Balaban J connectivity index is 2.99. The molecule has 1 aromatic carbocycles. The number of hydrogen-bond donors (Lipinski definition) is 1. The summed E-state index contributed by atoms with van der Waals surface area (Å²) in [6.45, 7) is 7.18. The van der Waals surface area contributed by atoms with E-state index in [1.165, 1.54) is 16.7 Å². The molecule has 0 aromatic heterocycles. The molecule has 0 saturated heterocycles. The maximum Gasteiger partial charge on any atom is 0.0439 e. The van der Waals surface area contributed by atoms with Gasteiger partial charge in [0.15, 0.2) is 0 Å². The molecule has 1 rings (SSSR count). The van der Waals surface area contributed by atoms with Crippen LogP contribution in [0.1, 0.15) is 29.7 Å². The lowest BCUT2D eigenvalue weighted by Crippen LogP contribution is -2.26. The second-order valence-corrected chi connectivity index (χ2v) is 5.69. The topological polar surface area (TPSA) is 29.1 Å². The molecule has 2 nitrogen and oxygen atoms in total. The summed E-state index contributed by atoms with van der Waals surface area (Å²) in [7, 11) is -0.775. The normalized spacial score (nSPS) is 14.8. The average Bonchev–Trinajstić information content (AvgIpc) is 2.20. The van der Waals surface area contributed by atoms with E-state index in [0.717, 1.165) is 6.54 Å². The number of rotatable bonds is 5. The maximum atomic E-state index is 11.4. The van der Waals surface area contributed by atoms with Crippen LogP contribution in [-0.4, -0.2) is 22.8 Å². The zero-order chi connectivity index (χ0) is 12.1. The van der Waals surface area contributed by atoms with E-state index < -0.39 is 10.8 Å². The van der Waals surface area contributed by atoms with Crippen molar-refractivity contribution in [2.75, 3.05) is 18.6 Å². The van der Waals surface area contributed by atoms with Crippen molar-refractivity contribution in [3.63, 3.8) is 0 Å². The summed E-state index contributed by atoms with van der Waals surface area (Å²) in [4.78, 5) is 0. The quantitative estimate of drug-likeness (QED) is 0.854. The van der Waals surface area contributed by atoms with Gasteiger partial charge < -0.3 is 5.32 Å². The molecule has 90 valence electrons. The molecule has 1 aromatic rings. The molecule has 2 unspecified atom stereocenters. The first kappa shape index (κ1) is 13.4. The number of benzene rings is 1. The Hall–Kier alpha value is -0.670. The summed E-state index contributed by atoms with van der Waals surface area (Å²) < 4.78 is 11.4. The van der Waals surface area contributed by atoms with E-state index in [2.05, 4.69) is 44.3 Å². The largest absolute Gasteiger partial charge is 0.309 e. The van der Waals surface area contributed by atoms with Crippen molar-refractivity contribution in [1.82, 2.24) is 5.32 Å². The summed E-state index contributed by atoms with van der Waals surface area (Å²) in [6, 6.07) is 6.64. The van der Waals surface area contributed by atoms with E-state index in [4.69, 9.17) is 0 Å². The minimum absolute atomic E-state index is 0.204. The summed E-state index contributed by atoms with van der Waals surface area (Å²) in [5.74, 6) is 0.679. The first-order valence-electron chi connectivity index (χ1n) is 5.65. The van der Waals surface area contributed by atoms with Gasteiger partial charge in [0, 0.05) is 28.9 Å². The molecule has 2 atom stereocenters. The van der Waals surface area contributed by atoms with E-state index in [1.54, 1.807) is 6.26 Å². The smallest absolute Gasteiger partial charge is 0.0439 e. The van der Waals surface area contributed by atoms with Gasteiger partial charge in [-0.15, -0.1) is 0 Å². The van der Waals surface area contributed by atoms with E-state index >= 15 is 0 Å². The Morgan fingerprint density at radius 2 is 2.06 bits per heavy atom. The summed E-state index contributed by atoms with van der Waals surface area (Å²) in [6.07, 6.45) is 1.76. The van der Waals surface area contributed by atoms with Crippen molar-refractivity contribution in [3.8, 4) is 0 Å². The second-order valence-electron chi connectivity index (χ2n) is 4.21. The molecular weight excluding hydrogens is 218 g/mol. The monoisotopic (exact) mass is 239 g/mol. The molecule has 0 aliphatic rings. The van der Waals surface area contributed by atoms with Crippen molar-refractivity contribution in [2.24, 2.45) is 0 Å². The third-order valence-corrected chi connectivity index (χ3v) is 3.46. The van der Waals surface area contributed by atoms with Crippen molar-refractivity contribution in [2.45, 2.75) is 26.8 Å². The van der Waals surface area contributed by atoms with Crippen LogP contribution in [0.15, 0.2) is 18.2 Å². The molecule has 0 radical (unpaired) electrons. The lowest BCUT2D eigenvalue weighted by atomic mass is 10.00. The van der Waals surface area contributed by atoms with Crippen LogP contribution in [0.2, 0.25) is 0 Å². The van der Waals surface area contributed by atoms with Crippen molar-refractivity contribution in [3.05, 3.63) is 34.9 Å². The minimum atomic E-state index is -0.775. The van der Waals surface area contributed by atoms with E-state index in [9.17, 15) is 4.21 Å². The molecule has 0 saturated carbocycles. The van der Waals surface area contributed by atoms with Gasteiger partial charge in [-0.2, -0.15) is 0 Å². The molecule has 0 amide bonds. The first-order chi connectivity index (χ1) is 7.54. The molecule has 0 aliphatic heterocycles. The lowest BCUT2D eigenvalue weighted by Gasteiger charge is -2.19. The number of aryl methyl sites for hydroxylation is 2. The standard InChI is InChI=1S/C13H21NOS/c1-5-14-13(9-16(4)15)12-8-10(2)6-7-11(12)3/h6-8,13-14H,5,9H2,1-4H3. The SMILES string of the molecule is CCNC(CS(C)=O)c1cc(C)ccc1C. The van der Waals surface area contributed by atoms with Gasteiger partial charge >= 0.3 is 0 Å². The van der Waals surface area contributed by atoms with E-state index in [0.29, 0.717) is 5.75 Å². The van der Waals surface area contributed by atoms with Crippen LogP contribution in [0.5, 0.6) is 0 Å². The second kappa shape index (κ2) is 6.16. The fraction of sp³-hybridized carbons (Fsp3) is 0.538. The maximum absolute atomic E-state index is 11.4. The molecular formula is C13H21NOS. The highest BCUT2D eigenvalue weighted by atomic mass is 32.2. The fourth-order valence-corrected chi connectivity index (χ4v) is 2.64. The highest BCUT2D eigenvalue weighted by molar-refractivity contribution is 7.84. The Bertz CT molecular complexity index is 376. The van der Waals surface area contributed by atoms with Crippen LogP contribution in [0.25, 0.3) is 0 Å². The van der Waals surface area contributed by atoms with Crippen LogP contribution in [0, 0.1) is 13.8 Å². The zero-order valence-electron chi connectivity index (χ0n) is 10.5. The molecule has 0 bridgehead atoms. The van der Waals surface area contributed by atoms with Gasteiger partial charge in [-0.1, -0.05) is 30.7 Å². The molecule has 0 spiro atoms. The van der Waals surface area contributed by atoms with Gasteiger partial charge in [-0.3, -0.25) is 4.21 Å². The highest BCUT2D eigenvalue weighted by Gasteiger charge is 2.14. The zero-order valence-corrected chi connectivity index (χ0v) is 11.4. The molecule has 0 heterocycles. The van der Waals surface area contributed by atoms with Gasteiger partial charge in [0.1, 0.15) is 0 Å². The summed E-state index contributed by atoms with van der Waals surface area (Å²) in [5.41, 5.74) is 3.80. The van der Waals surface area contributed by atoms with Crippen LogP contribution in [-0.2, 0) is 10.8 Å². The predicted octanol–water partition coefficient (Wildman–Crippen LogP) is 2.33. The molecule has 0 fully saturated rings. The number of nitrogens with one attached hydrogen (secondary N) is 1. The Kier molecular flexibility index (Phi) is 5.16. The Morgan fingerprint density at radius 3 is 2.62 bits per heavy atom. The highest BCUT2D eigenvalue weighted by Crippen LogP contribution is 2.20. The lowest BCUT2D eigenvalue weighted by molar-refractivity contribution is 0.593. The molecule has 3 heteroatoms. The summed E-state index contributed by atoms with van der Waals surface area (Å²) in [5, 5.41) is 3.41.